The van der Waals surface area contributed by atoms with E-state index in [0.717, 1.165) is 28.3 Å². The van der Waals surface area contributed by atoms with Gasteiger partial charge >= 0.3 is 0 Å². The molecule has 0 atom stereocenters. The zero-order valence-electron chi connectivity index (χ0n) is 18.1. The fourth-order valence-corrected chi connectivity index (χ4v) is 5.03. The van der Waals surface area contributed by atoms with Crippen molar-refractivity contribution in [1.29, 1.82) is 0 Å². The van der Waals surface area contributed by atoms with Crippen molar-refractivity contribution in [3.05, 3.63) is 77.1 Å². The summed E-state index contributed by atoms with van der Waals surface area (Å²) in [5.41, 5.74) is 6.39. The molecule has 2 N–H and O–H groups in total. The lowest BCUT2D eigenvalue weighted by Gasteiger charge is -2.21. The molecule has 0 saturated heterocycles. The van der Waals surface area contributed by atoms with Gasteiger partial charge in [-0.2, -0.15) is 0 Å². The highest BCUT2D eigenvalue weighted by atomic mass is 32.2. The lowest BCUT2D eigenvalue weighted by molar-refractivity contribution is 0.443. The predicted molar refractivity (Wildman–Crippen MR) is 126 cm³/mol. The van der Waals surface area contributed by atoms with Crippen LogP contribution in [0.4, 0.5) is 5.69 Å². The summed E-state index contributed by atoms with van der Waals surface area (Å²) in [5, 5.41) is 5.20. The average molecular weight is 436 g/mol. The van der Waals surface area contributed by atoms with Gasteiger partial charge in [-0.15, -0.1) is 0 Å². The first-order valence-electron chi connectivity index (χ1n) is 10.8. The molecular weight excluding hydrogens is 406 g/mol. The number of nitrogens with two attached hydrogens (primary N) is 1. The van der Waals surface area contributed by atoms with E-state index >= 15 is 0 Å². The fraction of sp³-hybridized carbons (Fsp3) is 0.320. The molecule has 2 aromatic carbocycles. The van der Waals surface area contributed by atoms with Crippen molar-refractivity contribution in [2.45, 2.75) is 56.8 Å². The first-order chi connectivity index (χ1) is 14.8. The van der Waals surface area contributed by atoms with Crippen molar-refractivity contribution in [2.24, 2.45) is 10.1 Å². The van der Waals surface area contributed by atoms with Crippen LogP contribution in [0.2, 0.25) is 0 Å². The summed E-state index contributed by atoms with van der Waals surface area (Å²) >= 11 is 0. The van der Waals surface area contributed by atoms with Crippen LogP contribution in [0.3, 0.4) is 0 Å². The minimum Gasteiger partial charge on any atom is -0.318 e. The minimum atomic E-state index is -3.70. The number of aliphatic imine (C=N–C) groups is 1. The molecule has 3 aromatic rings. The summed E-state index contributed by atoms with van der Waals surface area (Å²) in [7, 11) is -3.70. The molecule has 6 heteroatoms. The van der Waals surface area contributed by atoms with E-state index in [1.54, 1.807) is 12.1 Å². The Hall–Kier alpha value is -2.70. The van der Waals surface area contributed by atoms with Crippen molar-refractivity contribution < 1.29 is 8.42 Å². The Morgan fingerprint density at radius 2 is 1.61 bits per heavy atom. The molecule has 1 saturated carbocycles. The van der Waals surface area contributed by atoms with Gasteiger partial charge in [0.25, 0.3) is 0 Å². The molecule has 0 spiro atoms. The maximum atomic E-state index is 11.5. The molecule has 1 aliphatic carbocycles. The number of aryl methyl sites for hydroxylation is 1. The summed E-state index contributed by atoms with van der Waals surface area (Å²) in [6.07, 6.45) is 8.54. The molecule has 5 nitrogen and oxygen atoms in total. The number of nitrogens with zero attached hydrogens (tertiary/aromatic N) is 2. The molecule has 0 bridgehead atoms. The number of hydrogen-bond donors (Lipinski definition) is 1. The number of aromatic nitrogens is 1. The van der Waals surface area contributed by atoms with E-state index in [1.165, 1.54) is 49.8 Å². The van der Waals surface area contributed by atoms with Crippen LogP contribution in [0, 0.1) is 13.8 Å². The van der Waals surface area contributed by atoms with Crippen LogP contribution in [0.25, 0.3) is 5.69 Å². The zero-order chi connectivity index (χ0) is 22.0. The van der Waals surface area contributed by atoms with Gasteiger partial charge in [0.15, 0.2) is 0 Å². The minimum absolute atomic E-state index is 0.108. The van der Waals surface area contributed by atoms with E-state index in [2.05, 4.69) is 39.9 Å². The topological polar surface area (TPSA) is 77.5 Å². The lowest BCUT2D eigenvalue weighted by atomic mass is 9.84. The van der Waals surface area contributed by atoms with E-state index in [0.29, 0.717) is 5.92 Å². The molecule has 4 rings (SSSR count). The third kappa shape index (κ3) is 4.81. The number of primary sulfonamides is 1. The van der Waals surface area contributed by atoms with Crippen LogP contribution in [0.15, 0.2) is 64.5 Å². The number of hydrogen-bond acceptors (Lipinski definition) is 3. The van der Waals surface area contributed by atoms with Gasteiger partial charge in [0.2, 0.25) is 10.0 Å². The largest absolute Gasteiger partial charge is 0.318 e. The van der Waals surface area contributed by atoms with Gasteiger partial charge in [-0.25, -0.2) is 13.6 Å². The summed E-state index contributed by atoms with van der Waals surface area (Å²) in [6.45, 7) is 4.06. The van der Waals surface area contributed by atoms with Gasteiger partial charge < -0.3 is 4.57 Å². The standard InChI is InChI=1S/C25H29N3O2S/c1-18-16-22(19(2)28(18)24-12-14-25(15-13-24)31(26,29)30)17-27-23-10-8-21(9-11-23)20-6-4-3-5-7-20/h8-17,20H,3-7H2,1-2H3,(H2,26,29,30). The Morgan fingerprint density at radius 3 is 2.23 bits per heavy atom. The number of sulfonamides is 1. The van der Waals surface area contributed by atoms with Crippen molar-refractivity contribution in [3.63, 3.8) is 0 Å². The molecule has 1 fully saturated rings. The third-order valence-electron chi connectivity index (χ3n) is 6.22. The summed E-state index contributed by atoms with van der Waals surface area (Å²) in [4.78, 5) is 4.79. The highest BCUT2D eigenvalue weighted by molar-refractivity contribution is 7.89. The lowest BCUT2D eigenvalue weighted by Crippen LogP contribution is -2.12. The number of benzene rings is 2. The highest BCUT2D eigenvalue weighted by Gasteiger charge is 2.15. The molecule has 0 aliphatic heterocycles. The van der Waals surface area contributed by atoms with Gasteiger partial charge in [0.05, 0.1) is 10.6 Å². The molecule has 31 heavy (non-hydrogen) atoms. The van der Waals surface area contributed by atoms with E-state index in [1.807, 2.05) is 20.1 Å². The number of rotatable bonds is 5. The maximum Gasteiger partial charge on any atom is 0.238 e. The second-order valence-corrected chi connectivity index (χ2v) is 9.95. The third-order valence-corrected chi connectivity index (χ3v) is 7.15. The van der Waals surface area contributed by atoms with Crippen molar-refractivity contribution >= 4 is 21.9 Å². The second-order valence-electron chi connectivity index (χ2n) is 8.39. The van der Waals surface area contributed by atoms with Crippen LogP contribution < -0.4 is 5.14 Å². The zero-order valence-corrected chi connectivity index (χ0v) is 18.9. The Bertz CT molecular complexity index is 1180. The van der Waals surface area contributed by atoms with E-state index in [-0.39, 0.29) is 4.90 Å². The molecule has 0 amide bonds. The molecule has 1 aromatic heterocycles. The van der Waals surface area contributed by atoms with Gasteiger partial charge in [-0.3, -0.25) is 4.99 Å². The molecule has 0 radical (unpaired) electrons. The van der Waals surface area contributed by atoms with E-state index in [4.69, 9.17) is 5.14 Å². The van der Waals surface area contributed by atoms with Crippen molar-refractivity contribution in [2.75, 3.05) is 0 Å². The molecule has 0 unspecified atom stereocenters. The van der Waals surface area contributed by atoms with Crippen molar-refractivity contribution in [3.8, 4) is 5.69 Å². The second kappa shape index (κ2) is 8.81. The van der Waals surface area contributed by atoms with Crippen LogP contribution in [-0.4, -0.2) is 19.2 Å². The summed E-state index contributed by atoms with van der Waals surface area (Å²) in [6, 6.07) is 17.3. The summed E-state index contributed by atoms with van der Waals surface area (Å²) in [5.74, 6) is 0.700. The average Bonchev–Trinajstić information content (AvgIpc) is 3.06. The van der Waals surface area contributed by atoms with Crippen LogP contribution in [0.5, 0.6) is 0 Å². The van der Waals surface area contributed by atoms with Gasteiger partial charge in [-0.1, -0.05) is 31.4 Å². The van der Waals surface area contributed by atoms with Crippen LogP contribution in [-0.2, 0) is 10.0 Å². The quantitative estimate of drug-likeness (QED) is 0.534. The molecule has 162 valence electrons. The molecule has 1 aliphatic rings. The Labute approximate surface area is 184 Å². The summed E-state index contributed by atoms with van der Waals surface area (Å²) < 4.78 is 25.1. The first-order valence-corrected chi connectivity index (χ1v) is 12.3. The monoisotopic (exact) mass is 435 g/mol. The van der Waals surface area contributed by atoms with Gasteiger partial charge in [0, 0.05) is 28.9 Å². The first kappa shape index (κ1) is 21.5. The Balaban J connectivity index is 1.54. The Morgan fingerprint density at radius 1 is 0.968 bits per heavy atom. The van der Waals surface area contributed by atoms with Crippen LogP contribution >= 0.6 is 0 Å². The van der Waals surface area contributed by atoms with Gasteiger partial charge in [-0.05, 0) is 80.6 Å². The van der Waals surface area contributed by atoms with Crippen molar-refractivity contribution in [1.82, 2.24) is 4.57 Å². The predicted octanol–water partition coefficient (Wildman–Crippen LogP) is 5.54. The SMILES string of the molecule is Cc1cc(C=Nc2ccc(C3CCCCC3)cc2)c(C)n1-c1ccc(S(N)(=O)=O)cc1. The Kier molecular flexibility index (Phi) is 6.12. The maximum absolute atomic E-state index is 11.5. The van der Waals surface area contributed by atoms with E-state index in [9.17, 15) is 8.42 Å². The highest BCUT2D eigenvalue weighted by Crippen LogP contribution is 2.33. The van der Waals surface area contributed by atoms with E-state index < -0.39 is 10.0 Å². The molecular formula is C25H29N3O2S. The molecule has 1 heterocycles. The van der Waals surface area contributed by atoms with Crippen LogP contribution in [0.1, 0.15) is 60.5 Å². The fourth-order valence-electron chi connectivity index (χ4n) is 4.51. The van der Waals surface area contributed by atoms with Gasteiger partial charge in [0.1, 0.15) is 0 Å². The smallest absolute Gasteiger partial charge is 0.238 e. The normalized spacial score (nSPS) is 15.6.